The van der Waals surface area contributed by atoms with E-state index in [1.165, 1.54) is 6.07 Å². The molecule has 1 aromatic carbocycles. The van der Waals surface area contributed by atoms with Crippen molar-refractivity contribution in [3.05, 3.63) is 29.3 Å². The number of benzene rings is 1. The van der Waals surface area contributed by atoms with Gasteiger partial charge in [0.25, 0.3) is 0 Å². The lowest BCUT2D eigenvalue weighted by molar-refractivity contribution is -0.148. The highest BCUT2D eigenvalue weighted by molar-refractivity contribution is 5.46. The lowest BCUT2D eigenvalue weighted by Crippen LogP contribution is -2.35. The number of nitrogens with two attached hydrogens (primary N) is 1. The molecule has 0 aromatic heterocycles. The van der Waals surface area contributed by atoms with E-state index in [1.807, 2.05) is 0 Å². The molecular weight excluding hydrogens is 298 g/mol. The maximum absolute atomic E-state index is 12.9. The molecule has 0 aliphatic rings. The summed E-state index contributed by atoms with van der Waals surface area (Å²) in [5, 5.41) is 0. The van der Waals surface area contributed by atoms with Gasteiger partial charge in [-0.1, -0.05) is 13.0 Å². The highest BCUT2D eigenvalue weighted by Gasteiger charge is 2.35. The van der Waals surface area contributed by atoms with Gasteiger partial charge in [0.1, 0.15) is 0 Å². The Morgan fingerprint density at radius 2 is 1.71 bits per heavy atom. The fraction of sp³-hybridized carbons (Fsp3) is 0.538. The molecule has 0 atom stereocenters. The predicted octanol–water partition coefficient (Wildman–Crippen LogP) is 4.06. The number of nitrogens with zero attached hydrogens (tertiary/aromatic N) is 1. The van der Waals surface area contributed by atoms with E-state index in [9.17, 15) is 26.3 Å². The molecule has 0 unspecified atom stereocenters. The van der Waals surface area contributed by atoms with Gasteiger partial charge in [-0.2, -0.15) is 26.3 Å². The number of hydrogen-bond donors (Lipinski definition) is 1. The van der Waals surface area contributed by atoms with Gasteiger partial charge in [0, 0.05) is 12.2 Å². The normalized spacial score (nSPS) is 13.0. The fourth-order valence-electron chi connectivity index (χ4n) is 2.02. The van der Waals surface area contributed by atoms with Crippen molar-refractivity contribution in [3.8, 4) is 0 Å². The SMILES string of the molecule is CCCN(Cc1ccc(N)cc1C(F)(F)F)CC(F)(F)F. The van der Waals surface area contributed by atoms with E-state index >= 15 is 0 Å². The van der Waals surface area contributed by atoms with Crippen molar-refractivity contribution in [1.29, 1.82) is 0 Å². The molecule has 0 heterocycles. The molecular formula is C13H16F6N2. The van der Waals surface area contributed by atoms with Crippen LogP contribution < -0.4 is 5.73 Å². The Labute approximate surface area is 118 Å². The summed E-state index contributed by atoms with van der Waals surface area (Å²) in [5.41, 5.74) is 4.03. The molecule has 21 heavy (non-hydrogen) atoms. The molecule has 0 saturated heterocycles. The second kappa shape index (κ2) is 6.55. The van der Waals surface area contributed by atoms with Crippen LogP contribution in [0.4, 0.5) is 32.0 Å². The van der Waals surface area contributed by atoms with Gasteiger partial charge in [-0.3, -0.25) is 4.90 Å². The molecule has 8 heteroatoms. The number of anilines is 1. The third kappa shape index (κ3) is 5.82. The average molecular weight is 314 g/mol. The molecule has 2 nitrogen and oxygen atoms in total. The Hall–Kier alpha value is -1.44. The van der Waals surface area contributed by atoms with Crippen LogP contribution >= 0.6 is 0 Å². The molecule has 0 saturated carbocycles. The van der Waals surface area contributed by atoms with Crippen LogP contribution in [-0.4, -0.2) is 24.2 Å². The molecule has 0 aliphatic heterocycles. The Kier molecular flexibility index (Phi) is 5.49. The highest BCUT2D eigenvalue weighted by Crippen LogP contribution is 2.34. The summed E-state index contributed by atoms with van der Waals surface area (Å²) >= 11 is 0. The summed E-state index contributed by atoms with van der Waals surface area (Å²) in [5.74, 6) is 0. The quantitative estimate of drug-likeness (QED) is 0.656. The van der Waals surface area contributed by atoms with Crippen molar-refractivity contribution < 1.29 is 26.3 Å². The lowest BCUT2D eigenvalue weighted by Gasteiger charge is -2.25. The Balaban J connectivity index is 3.03. The van der Waals surface area contributed by atoms with Gasteiger partial charge in [0.05, 0.1) is 12.1 Å². The van der Waals surface area contributed by atoms with Crippen LogP contribution in [0.5, 0.6) is 0 Å². The minimum atomic E-state index is -4.65. The number of alkyl halides is 6. The first-order chi connectivity index (χ1) is 9.53. The van der Waals surface area contributed by atoms with Crippen molar-refractivity contribution in [2.75, 3.05) is 18.8 Å². The van der Waals surface area contributed by atoms with Crippen LogP contribution in [0.3, 0.4) is 0 Å². The largest absolute Gasteiger partial charge is 0.416 e. The van der Waals surface area contributed by atoms with Crippen molar-refractivity contribution in [2.24, 2.45) is 0 Å². The summed E-state index contributed by atoms with van der Waals surface area (Å²) < 4.78 is 76.1. The van der Waals surface area contributed by atoms with Crippen LogP contribution in [0.2, 0.25) is 0 Å². The van der Waals surface area contributed by atoms with Crippen molar-refractivity contribution in [1.82, 2.24) is 4.90 Å². The minimum Gasteiger partial charge on any atom is -0.399 e. The van der Waals surface area contributed by atoms with E-state index < -0.39 is 31.0 Å². The topological polar surface area (TPSA) is 29.3 Å². The van der Waals surface area contributed by atoms with Crippen LogP contribution in [0.1, 0.15) is 24.5 Å². The van der Waals surface area contributed by atoms with E-state index in [-0.39, 0.29) is 17.8 Å². The molecule has 0 fully saturated rings. The Bertz CT molecular complexity index is 467. The molecule has 2 N–H and O–H groups in total. The second-order valence-electron chi connectivity index (χ2n) is 4.74. The van der Waals surface area contributed by atoms with Gasteiger partial charge in [0.2, 0.25) is 0 Å². The number of halogens is 6. The number of nitrogen functional groups attached to an aromatic ring is 1. The van der Waals surface area contributed by atoms with Gasteiger partial charge in [-0.15, -0.1) is 0 Å². The fourth-order valence-corrected chi connectivity index (χ4v) is 2.02. The molecule has 0 spiro atoms. The predicted molar refractivity (Wildman–Crippen MR) is 67.5 cm³/mol. The summed E-state index contributed by atoms with van der Waals surface area (Å²) in [4.78, 5) is 0.945. The molecule has 0 aliphatic carbocycles. The van der Waals surface area contributed by atoms with Crippen LogP contribution in [-0.2, 0) is 12.7 Å². The zero-order valence-electron chi connectivity index (χ0n) is 11.4. The second-order valence-corrected chi connectivity index (χ2v) is 4.74. The molecule has 0 amide bonds. The van der Waals surface area contributed by atoms with Gasteiger partial charge in [-0.25, -0.2) is 0 Å². The first kappa shape index (κ1) is 17.6. The summed E-state index contributed by atoms with van der Waals surface area (Å²) in [6.07, 6.45) is -8.70. The third-order valence-corrected chi connectivity index (χ3v) is 2.78. The molecule has 0 bridgehead atoms. The van der Waals surface area contributed by atoms with E-state index in [0.29, 0.717) is 6.42 Å². The molecule has 1 aromatic rings. The zero-order chi connectivity index (χ0) is 16.3. The van der Waals surface area contributed by atoms with Gasteiger partial charge < -0.3 is 5.73 Å². The van der Waals surface area contributed by atoms with Crippen molar-refractivity contribution in [3.63, 3.8) is 0 Å². The third-order valence-electron chi connectivity index (χ3n) is 2.78. The van der Waals surface area contributed by atoms with E-state index in [4.69, 9.17) is 5.73 Å². The Morgan fingerprint density at radius 3 is 2.19 bits per heavy atom. The first-order valence-corrected chi connectivity index (χ1v) is 6.27. The van der Waals surface area contributed by atoms with Crippen LogP contribution in [0.25, 0.3) is 0 Å². The Morgan fingerprint density at radius 1 is 1.10 bits per heavy atom. The highest BCUT2D eigenvalue weighted by atomic mass is 19.4. The minimum absolute atomic E-state index is 0.0567. The smallest absolute Gasteiger partial charge is 0.399 e. The maximum atomic E-state index is 12.9. The molecule has 1 rings (SSSR count). The van der Waals surface area contributed by atoms with Crippen LogP contribution in [0.15, 0.2) is 18.2 Å². The zero-order valence-corrected chi connectivity index (χ0v) is 11.4. The van der Waals surface area contributed by atoms with E-state index in [0.717, 1.165) is 17.0 Å². The van der Waals surface area contributed by atoms with E-state index in [2.05, 4.69) is 0 Å². The number of hydrogen-bond acceptors (Lipinski definition) is 2. The van der Waals surface area contributed by atoms with Crippen molar-refractivity contribution >= 4 is 5.69 Å². The average Bonchev–Trinajstić information content (AvgIpc) is 2.28. The maximum Gasteiger partial charge on any atom is 0.416 e. The van der Waals surface area contributed by atoms with E-state index in [1.54, 1.807) is 6.92 Å². The van der Waals surface area contributed by atoms with Crippen LogP contribution in [0, 0.1) is 0 Å². The standard InChI is InChI=1S/C13H16F6N2/c1-2-5-21(8-12(14,15)16)7-9-3-4-10(20)6-11(9)13(17,18)19/h3-4,6H,2,5,7-8,20H2,1H3. The summed E-state index contributed by atoms with van der Waals surface area (Å²) in [6, 6.07) is 3.12. The summed E-state index contributed by atoms with van der Waals surface area (Å²) in [7, 11) is 0. The molecule has 0 radical (unpaired) electrons. The first-order valence-electron chi connectivity index (χ1n) is 6.27. The monoisotopic (exact) mass is 314 g/mol. The van der Waals surface area contributed by atoms with Gasteiger partial charge in [0.15, 0.2) is 0 Å². The molecule has 120 valence electrons. The lowest BCUT2D eigenvalue weighted by atomic mass is 10.1. The van der Waals surface area contributed by atoms with Gasteiger partial charge >= 0.3 is 12.4 Å². The van der Waals surface area contributed by atoms with Crippen molar-refractivity contribution in [2.45, 2.75) is 32.2 Å². The number of rotatable bonds is 5. The van der Waals surface area contributed by atoms with Gasteiger partial charge in [-0.05, 0) is 30.7 Å². The summed E-state index contributed by atoms with van der Waals surface area (Å²) in [6.45, 7) is 0.0448.